The Morgan fingerprint density at radius 2 is 1.75 bits per heavy atom. The maximum atomic E-state index is 6.04. The first-order valence-electron chi connectivity index (χ1n) is 8.36. The second kappa shape index (κ2) is 9.18. The van der Waals surface area contributed by atoms with Gasteiger partial charge < -0.3 is 19.9 Å². The van der Waals surface area contributed by atoms with Crippen molar-refractivity contribution in [3.05, 3.63) is 53.6 Å². The summed E-state index contributed by atoms with van der Waals surface area (Å²) in [5.41, 5.74) is 8.36. The summed E-state index contributed by atoms with van der Waals surface area (Å²) in [4.78, 5) is 0. The SMILES string of the molecule is CCCOc1c(CC(CN)c2ccc(OC)cc2)cccc1OC. The van der Waals surface area contributed by atoms with Gasteiger partial charge in [0, 0.05) is 5.92 Å². The molecule has 1 unspecified atom stereocenters. The van der Waals surface area contributed by atoms with Crippen LogP contribution in [-0.2, 0) is 6.42 Å². The van der Waals surface area contributed by atoms with Crippen LogP contribution >= 0.6 is 0 Å². The highest BCUT2D eigenvalue weighted by molar-refractivity contribution is 5.47. The summed E-state index contributed by atoms with van der Waals surface area (Å²) in [5, 5.41) is 0. The number of methoxy groups -OCH3 is 2. The summed E-state index contributed by atoms with van der Waals surface area (Å²) in [6, 6.07) is 14.1. The first kappa shape index (κ1) is 18.1. The molecule has 0 spiro atoms. The molecule has 4 nitrogen and oxygen atoms in total. The Morgan fingerprint density at radius 1 is 1.00 bits per heavy atom. The van der Waals surface area contributed by atoms with E-state index < -0.39 is 0 Å². The van der Waals surface area contributed by atoms with Crippen molar-refractivity contribution < 1.29 is 14.2 Å². The number of para-hydroxylation sites is 1. The second-order valence-corrected chi connectivity index (χ2v) is 5.71. The Morgan fingerprint density at radius 3 is 2.33 bits per heavy atom. The molecule has 0 heterocycles. The van der Waals surface area contributed by atoms with Crippen LogP contribution in [-0.4, -0.2) is 27.4 Å². The summed E-state index contributed by atoms with van der Waals surface area (Å²) >= 11 is 0. The van der Waals surface area contributed by atoms with Crippen molar-refractivity contribution in [2.75, 3.05) is 27.4 Å². The summed E-state index contributed by atoms with van der Waals surface area (Å²) in [6.07, 6.45) is 1.76. The van der Waals surface area contributed by atoms with Crippen molar-refractivity contribution >= 4 is 0 Å². The average Bonchev–Trinajstić information content (AvgIpc) is 2.64. The number of ether oxygens (including phenoxy) is 3. The van der Waals surface area contributed by atoms with E-state index in [1.807, 2.05) is 24.3 Å². The van der Waals surface area contributed by atoms with E-state index in [2.05, 4.69) is 25.1 Å². The fourth-order valence-electron chi connectivity index (χ4n) is 2.73. The smallest absolute Gasteiger partial charge is 0.164 e. The Kier molecular flexibility index (Phi) is 6.94. The number of hydrogen-bond acceptors (Lipinski definition) is 4. The van der Waals surface area contributed by atoms with Crippen LogP contribution in [0, 0.1) is 0 Å². The normalized spacial score (nSPS) is 11.8. The molecule has 1 atom stereocenters. The minimum absolute atomic E-state index is 0.215. The number of nitrogens with two attached hydrogens (primary N) is 1. The van der Waals surface area contributed by atoms with Gasteiger partial charge in [0.25, 0.3) is 0 Å². The van der Waals surface area contributed by atoms with Crippen LogP contribution in [0.4, 0.5) is 0 Å². The van der Waals surface area contributed by atoms with Crippen LogP contribution < -0.4 is 19.9 Å². The lowest BCUT2D eigenvalue weighted by atomic mass is 9.91. The molecular weight excluding hydrogens is 302 g/mol. The lowest BCUT2D eigenvalue weighted by Crippen LogP contribution is -2.16. The minimum atomic E-state index is 0.215. The molecule has 0 aliphatic carbocycles. The van der Waals surface area contributed by atoms with Gasteiger partial charge in [-0.15, -0.1) is 0 Å². The monoisotopic (exact) mass is 329 g/mol. The highest BCUT2D eigenvalue weighted by Crippen LogP contribution is 2.34. The lowest BCUT2D eigenvalue weighted by Gasteiger charge is -2.19. The van der Waals surface area contributed by atoms with Crippen molar-refractivity contribution in [3.63, 3.8) is 0 Å². The van der Waals surface area contributed by atoms with Gasteiger partial charge in [-0.25, -0.2) is 0 Å². The van der Waals surface area contributed by atoms with Crippen LogP contribution in [0.15, 0.2) is 42.5 Å². The number of benzene rings is 2. The fourth-order valence-corrected chi connectivity index (χ4v) is 2.73. The van der Waals surface area contributed by atoms with E-state index in [0.717, 1.165) is 35.7 Å². The average molecular weight is 329 g/mol. The molecule has 130 valence electrons. The topological polar surface area (TPSA) is 53.7 Å². The van der Waals surface area contributed by atoms with Gasteiger partial charge in [0.05, 0.1) is 20.8 Å². The van der Waals surface area contributed by atoms with E-state index in [1.54, 1.807) is 14.2 Å². The quantitative estimate of drug-likeness (QED) is 0.761. The molecule has 0 amide bonds. The number of hydrogen-bond donors (Lipinski definition) is 1. The molecule has 0 aliphatic rings. The van der Waals surface area contributed by atoms with E-state index in [9.17, 15) is 0 Å². The molecule has 0 aromatic heterocycles. The van der Waals surface area contributed by atoms with Gasteiger partial charge in [-0.05, 0) is 48.7 Å². The maximum absolute atomic E-state index is 6.04. The van der Waals surface area contributed by atoms with Crippen LogP contribution in [0.5, 0.6) is 17.2 Å². The van der Waals surface area contributed by atoms with Crippen LogP contribution in [0.1, 0.15) is 30.4 Å². The Hall–Kier alpha value is -2.20. The summed E-state index contributed by atoms with van der Waals surface area (Å²) < 4.78 is 16.6. The minimum Gasteiger partial charge on any atom is -0.497 e. The first-order chi connectivity index (χ1) is 11.7. The molecular formula is C20H27NO3. The van der Waals surface area contributed by atoms with Crippen molar-refractivity contribution in [2.45, 2.75) is 25.7 Å². The van der Waals surface area contributed by atoms with Gasteiger partial charge in [-0.2, -0.15) is 0 Å². The maximum Gasteiger partial charge on any atom is 0.164 e. The van der Waals surface area contributed by atoms with E-state index >= 15 is 0 Å². The molecule has 0 saturated heterocycles. The van der Waals surface area contributed by atoms with E-state index in [4.69, 9.17) is 19.9 Å². The highest BCUT2D eigenvalue weighted by atomic mass is 16.5. The molecule has 0 bridgehead atoms. The van der Waals surface area contributed by atoms with Crippen molar-refractivity contribution in [1.29, 1.82) is 0 Å². The zero-order chi connectivity index (χ0) is 17.4. The van der Waals surface area contributed by atoms with Gasteiger partial charge in [0.1, 0.15) is 5.75 Å². The molecule has 0 aliphatic heterocycles. The summed E-state index contributed by atoms with van der Waals surface area (Å²) in [7, 11) is 3.34. The van der Waals surface area contributed by atoms with Crippen molar-refractivity contribution in [1.82, 2.24) is 0 Å². The molecule has 2 N–H and O–H groups in total. The first-order valence-corrected chi connectivity index (χ1v) is 8.36. The largest absolute Gasteiger partial charge is 0.497 e. The second-order valence-electron chi connectivity index (χ2n) is 5.71. The van der Waals surface area contributed by atoms with Gasteiger partial charge in [0.15, 0.2) is 11.5 Å². The summed E-state index contributed by atoms with van der Waals surface area (Å²) in [6.45, 7) is 3.33. The lowest BCUT2D eigenvalue weighted by molar-refractivity contribution is 0.290. The van der Waals surface area contributed by atoms with Crippen LogP contribution in [0.3, 0.4) is 0 Å². The molecule has 0 radical (unpaired) electrons. The third kappa shape index (κ3) is 4.42. The van der Waals surface area contributed by atoms with Gasteiger partial charge in [-0.3, -0.25) is 0 Å². The third-order valence-corrected chi connectivity index (χ3v) is 4.07. The zero-order valence-corrected chi connectivity index (χ0v) is 14.7. The van der Waals surface area contributed by atoms with Crippen LogP contribution in [0.2, 0.25) is 0 Å². The van der Waals surface area contributed by atoms with Crippen molar-refractivity contribution in [2.24, 2.45) is 5.73 Å². The van der Waals surface area contributed by atoms with Crippen molar-refractivity contribution in [3.8, 4) is 17.2 Å². The van der Waals surface area contributed by atoms with E-state index in [1.165, 1.54) is 5.56 Å². The molecule has 4 heteroatoms. The molecule has 0 fully saturated rings. The van der Waals surface area contributed by atoms with Crippen LogP contribution in [0.25, 0.3) is 0 Å². The Labute approximate surface area is 144 Å². The molecule has 2 rings (SSSR count). The molecule has 2 aromatic rings. The zero-order valence-electron chi connectivity index (χ0n) is 14.7. The van der Waals surface area contributed by atoms with Gasteiger partial charge in [-0.1, -0.05) is 31.2 Å². The van der Waals surface area contributed by atoms with E-state index in [-0.39, 0.29) is 5.92 Å². The standard InChI is InChI=1S/C20H27NO3/c1-4-12-24-20-16(6-5-7-19(20)23-3)13-17(14-21)15-8-10-18(22-2)11-9-15/h5-11,17H,4,12-14,21H2,1-3H3. The van der Waals surface area contributed by atoms with Gasteiger partial charge in [0.2, 0.25) is 0 Å². The predicted octanol–water partition coefficient (Wildman–Crippen LogP) is 3.78. The Balaban J connectivity index is 2.25. The Bertz CT molecular complexity index is 625. The van der Waals surface area contributed by atoms with Gasteiger partial charge >= 0.3 is 0 Å². The summed E-state index contributed by atoms with van der Waals surface area (Å²) in [5.74, 6) is 2.66. The number of rotatable bonds is 9. The molecule has 24 heavy (non-hydrogen) atoms. The third-order valence-electron chi connectivity index (χ3n) is 4.07. The fraction of sp³-hybridized carbons (Fsp3) is 0.400. The molecule has 0 saturated carbocycles. The van der Waals surface area contributed by atoms with E-state index in [0.29, 0.717) is 13.2 Å². The predicted molar refractivity (Wildman–Crippen MR) is 97.3 cm³/mol. The highest BCUT2D eigenvalue weighted by Gasteiger charge is 2.17. The molecule has 2 aromatic carbocycles.